The fraction of sp³-hybridized carbons (Fsp3) is 0.417. The van der Waals surface area contributed by atoms with Crippen molar-refractivity contribution in [1.29, 1.82) is 0 Å². The summed E-state index contributed by atoms with van der Waals surface area (Å²) >= 11 is 0. The lowest BCUT2D eigenvalue weighted by Crippen LogP contribution is -2.26. The third-order valence-electron chi connectivity index (χ3n) is 3.11. The summed E-state index contributed by atoms with van der Waals surface area (Å²) in [5, 5.41) is 2.76. The van der Waals surface area contributed by atoms with Crippen LogP contribution in [0.5, 0.6) is 0 Å². The van der Waals surface area contributed by atoms with Gasteiger partial charge in [0.1, 0.15) is 5.82 Å². The average Bonchev–Trinajstić information content (AvgIpc) is 3.03. The molecule has 1 amide bonds. The Morgan fingerprint density at radius 1 is 1.38 bits per heavy atom. The number of fused-ring (bicyclic) bond motifs is 1. The largest absolute Gasteiger partial charge is 0.366 e. The van der Waals surface area contributed by atoms with Gasteiger partial charge in [-0.15, -0.1) is 0 Å². The highest BCUT2D eigenvalue weighted by Crippen LogP contribution is 2.37. The summed E-state index contributed by atoms with van der Waals surface area (Å²) in [6, 6.07) is 5.14. The summed E-state index contributed by atoms with van der Waals surface area (Å²) in [5.74, 6) is -0.341. The van der Waals surface area contributed by atoms with Crippen LogP contribution in [0.15, 0.2) is 18.2 Å². The summed E-state index contributed by atoms with van der Waals surface area (Å²) in [6.45, 7) is 0.731. The number of anilines is 2. The molecular weight excluding hydrogens is 207 g/mol. The maximum Gasteiger partial charge on any atom is 0.226 e. The fourth-order valence-corrected chi connectivity index (χ4v) is 2.18. The molecule has 0 bridgehead atoms. The van der Waals surface area contributed by atoms with E-state index in [4.69, 9.17) is 0 Å². The van der Waals surface area contributed by atoms with E-state index in [1.807, 2.05) is 0 Å². The van der Waals surface area contributed by atoms with Gasteiger partial charge in [0.15, 0.2) is 0 Å². The Labute approximate surface area is 93.2 Å². The minimum absolute atomic E-state index is 0.0324. The maximum absolute atomic E-state index is 13.1. The van der Waals surface area contributed by atoms with Gasteiger partial charge in [-0.1, -0.05) is 0 Å². The van der Waals surface area contributed by atoms with Gasteiger partial charge in [0.25, 0.3) is 0 Å². The number of benzene rings is 1. The highest BCUT2D eigenvalue weighted by atomic mass is 19.1. The van der Waals surface area contributed by atoms with Gasteiger partial charge in [0.2, 0.25) is 5.91 Å². The smallest absolute Gasteiger partial charge is 0.226 e. The van der Waals surface area contributed by atoms with Crippen molar-refractivity contribution in [3.8, 4) is 0 Å². The SMILES string of the molecule is O=C1CCN(C2CC2)c2ccc(F)cc2N1. The van der Waals surface area contributed by atoms with Gasteiger partial charge in [-0.05, 0) is 31.0 Å². The standard InChI is InChI=1S/C12H13FN2O/c13-8-1-4-11-10(7-8)14-12(16)5-6-15(11)9-2-3-9/h1,4,7,9H,2-3,5-6H2,(H,14,16). The van der Waals surface area contributed by atoms with Crippen molar-refractivity contribution >= 4 is 17.3 Å². The summed E-state index contributed by atoms with van der Waals surface area (Å²) in [7, 11) is 0. The highest BCUT2D eigenvalue weighted by molar-refractivity contribution is 5.96. The zero-order chi connectivity index (χ0) is 11.1. The molecule has 0 aromatic heterocycles. The van der Waals surface area contributed by atoms with Gasteiger partial charge in [-0.25, -0.2) is 4.39 Å². The number of hydrogen-bond acceptors (Lipinski definition) is 2. The molecule has 3 nitrogen and oxygen atoms in total. The zero-order valence-electron chi connectivity index (χ0n) is 8.87. The van der Waals surface area contributed by atoms with E-state index in [2.05, 4.69) is 10.2 Å². The van der Waals surface area contributed by atoms with Crippen LogP contribution in [0.25, 0.3) is 0 Å². The van der Waals surface area contributed by atoms with Gasteiger partial charge in [-0.2, -0.15) is 0 Å². The lowest BCUT2D eigenvalue weighted by Gasteiger charge is -2.23. The fourth-order valence-electron chi connectivity index (χ4n) is 2.18. The predicted octanol–water partition coefficient (Wildman–Crippen LogP) is 2.14. The Hall–Kier alpha value is -1.58. The molecule has 1 N–H and O–H groups in total. The van der Waals surface area contributed by atoms with E-state index in [1.54, 1.807) is 6.07 Å². The molecule has 0 unspecified atom stereocenters. The lowest BCUT2D eigenvalue weighted by atomic mass is 10.2. The quantitative estimate of drug-likeness (QED) is 0.786. The van der Waals surface area contributed by atoms with Crippen LogP contribution in [0.3, 0.4) is 0 Å². The van der Waals surface area contributed by atoms with E-state index in [9.17, 15) is 9.18 Å². The number of carbonyl (C=O) groups excluding carboxylic acids is 1. The number of amides is 1. The average molecular weight is 220 g/mol. The Kier molecular flexibility index (Phi) is 2.09. The molecule has 0 atom stereocenters. The lowest BCUT2D eigenvalue weighted by molar-refractivity contribution is -0.115. The van der Waals surface area contributed by atoms with Crippen LogP contribution in [-0.4, -0.2) is 18.5 Å². The molecule has 3 rings (SSSR count). The number of carbonyl (C=O) groups is 1. The third kappa shape index (κ3) is 1.64. The Bertz CT molecular complexity index is 443. The summed E-state index contributed by atoms with van der Waals surface area (Å²) in [5.41, 5.74) is 1.56. The Balaban J connectivity index is 2.04. The van der Waals surface area contributed by atoms with E-state index in [1.165, 1.54) is 25.0 Å². The van der Waals surface area contributed by atoms with Crippen LogP contribution in [0, 0.1) is 5.82 Å². The number of rotatable bonds is 1. The molecule has 1 aliphatic carbocycles. The van der Waals surface area contributed by atoms with E-state index in [-0.39, 0.29) is 11.7 Å². The normalized spacial score (nSPS) is 20.1. The van der Waals surface area contributed by atoms with Crippen molar-refractivity contribution in [2.45, 2.75) is 25.3 Å². The van der Waals surface area contributed by atoms with Crippen molar-refractivity contribution in [3.05, 3.63) is 24.0 Å². The zero-order valence-corrected chi connectivity index (χ0v) is 8.87. The molecular formula is C12H13FN2O. The molecule has 2 aliphatic rings. The first-order chi connectivity index (χ1) is 7.74. The van der Waals surface area contributed by atoms with E-state index in [0.29, 0.717) is 18.2 Å². The minimum Gasteiger partial charge on any atom is -0.366 e. The predicted molar refractivity (Wildman–Crippen MR) is 60.0 cm³/mol. The molecule has 0 spiro atoms. The highest BCUT2D eigenvalue weighted by Gasteiger charge is 2.32. The number of nitrogens with one attached hydrogen (secondary N) is 1. The maximum atomic E-state index is 13.1. The third-order valence-corrected chi connectivity index (χ3v) is 3.11. The second-order valence-electron chi connectivity index (χ2n) is 4.38. The molecule has 16 heavy (non-hydrogen) atoms. The van der Waals surface area contributed by atoms with E-state index >= 15 is 0 Å². The second kappa shape index (κ2) is 3.47. The van der Waals surface area contributed by atoms with E-state index < -0.39 is 0 Å². The van der Waals surface area contributed by atoms with Crippen LogP contribution in [0.2, 0.25) is 0 Å². The molecule has 1 aliphatic heterocycles. The number of nitrogens with zero attached hydrogens (tertiary/aromatic N) is 1. The topological polar surface area (TPSA) is 32.3 Å². The molecule has 0 saturated heterocycles. The van der Waals surface area contributed by atoms with Gasteiger partial charge in [0, 0.05) is 19.0 Å². The van der Waals surface area contributed by atoms with Crippen molar-refractivity contribution in [2.75, 3.05) is 16.8 Å². The van der Waals surface area contributed by atoms with Gasteiger partial charge < -0.3 is 10.2 Å². The Morgan fingerprint density at radius 3 is 2.94 bits per heavy atom. The first kappa shape index (κ1) is 9.63. The molecule has 1 fully saturated rings. The molecule has 84 valence electrons. The van der Waals surface area contributed by atoms with Crippen molar-refractivity contribution in [2.24, 2.45) is 0 Å². The van der Waals surface area contributed by atoms with Crippen LogP contribution in [0.4, 0.5) is 15.8 Å². The van der Waals surface area contributed by atoms with Crippen molar-refractivity contribution in [3.63, 3.8) is 0 Å². The second-order valence-corrected chi connectivity index (χ2v) is 4.38. The van der Waals surface area contributed by atoms with Crippen molar-refractivity contribution < 1.29 is 9.18 Å². The number of hydrogen-bond donors (Lipinski definition) is 1. The molecule has 0 radical (unpaired) electrons. The van der Waals surface area contributed by atoms with Crippen LogP contribution in [0.1, 0.15) is 19.3 Å². The van der Waals surface area contributed by atoms with Crippen molar-refractivity contribution in [1.82, 2.24) is 0 Å². The first-order valence-electron chi connectivity index (χ1n) is 5.60. The first-order valence-corrected chi connectivity index (χ1v) is 5.60. The molecule has 1 saturated carbocycles. The molecule has 1 aromatic carbocycles. The monoisotopic (exact) mass is 220 g/mol. The Morgan fingerprint density at radius 2 is 2.19 bits per heavy atom. The van der Waals surface area contributed by atoms with E-state index in [0.717, 1.165) is 12.2 Å². The molecule has 4 heteroatoms. The van der Waals surface area contributed by atoms with Crippen LogP contribution < -0.4 is 10.2 Å². The van der Waals surface area contributed by atoms with Crippen LogP contribution in [-0.2, 0) is 4.79 Å². The summed E-state index contributed by atoms with van der Waals surface area (Å²) in [4.78, 5) is 13.7. The summed E-state index contributed by atoms with van der Waals surface area (Å²) < 4.78 is 13.1. The van der Waals surface area contributed by atoms with Gasteiger partial charge in [-0.3, -0.25) is 4.79 Å². The van der Waals surface area contributed by atoms with Gasteiger partial charge in [0.05, 0.1) is 11.4 Å². The molecule has 1 aromatic rings. The summed E-state index contributed by atoms with van der Waals surface area (Å²) in [6.07, 6.45) is 2.82. The van der Waals surface area contributed by atoms with Gasteiger partial charge >= 0.3 is 0 Å². The minimum atomic E-state index is -0.309. The van der Waals surface area contributed by atoms with Crippen LogP contribution >= 0.6 is 0 Å². The molecule has 1 heterocycles. The number of halogens is 1.